The van der Waals surface area contributed by atoms with Gasteiger partial charge in [0.25, 0.3) is 0 Å². The van der Waals surface area contributed by atoms with Crippen molar-refractivity contribution in [1.82, 2.24) is 15.1 Å². The van der Waals surface area contributed by atoms with Gasteiger partial charge in [0.1, 0.15) is 0 Å². The average Bonchev–Trinajstić information content (AvgIpc) is 2.86. The van der Waals surface area contributed by atoms with Crippen molar-refractivity contribution in [2.75, 3.05) is 27.3 Å². The minimum atomic E-state index is -0.499. The minimum Gasteiger partial charge on any atom is -0.389 e. The number of aromatic nitrogens is 2. The zero-order valence-electron chi connectivity index (χ0n) is 12.2. The van der Waals surface area contributed by atoms with Gasteiger partial charge in [0, 0.05) is 36.3 Å². The molecule has 0 aliphatic carbocycles. The number of nitrogens with zero attached hydrogens (tertiary/aromatic N) is 2. The highest BCUT2D eigenvalue weighted by Crippen LogP contribution is 2.24. The minimum absolute atomic E-state index is 0.330. The molecule has 0 bridgehead atoms. The van der Waals surface area contributed by atoms with Crippen molar-refractivity contribution in [2.45, 2.75) is 12.6 Å². The van der Waals surface area contributed by atoms with E-state index in [2.05, 4.69) is 10.2 Å². The number of aliphatic hydroxyl groups excluding tert-OH is 1. The maximum atomic E-state index is 9.76. The number of methoxy groups -OCH3 is 1. The molecule has 0 spiro atoms. The fourth-order valence-corrected chi connectivity index (χ4v) is 2.48. The maximum absolute atomic E-state index is 9.76. The number of hydrogen-bond acceptors (Lipinski definition) is 4. The molecule has 2 N–H and O–H groups in total. The zero-order valence-corrected chi connectivity index (χ0v) is 13.0. The van der Waals surface area contributed by atoms with Crippen molar-refractivity contribution in [3.05, 3.63) is 41.0 Å². The van der Waals surface area contributed by atoms with Gasteiger partial charge in [0.05, 0.1) is 24.6 Å². The highest BCUT2D eigenvalue weighted by Gasteiger charge is 2.13. The van der Waals surface area contributed by atoms with Gasteiger partial charge in [-0.3, -0.25) is 10.00 Å². The molecule has 0 amide bonds. The van der Waals surface area contributed by atoms with Gasteiger partial charge >= 0.3 is 0 Å². The van der Waals surface area contributed by atoms with Crippen LogP contribution in [0.2, 0.25) is 5.02 Å². The van der Waals surface area contributed by atoms with E-state index in [9.17, 15) is 5.11 Å². The molecule has 6 heteroatoms. The van der Waals surface area contributed by atoms with Crippen molar-refractivity contribution in [2.24, 2.45) is 0 Å². The number of aromatic amines is 1. The van der Waals surface area contributed by atoms with E-state index in [1.807, 2.05) is 36.2 Å². The zero-order chi connectivity index (χ0) is 15.2. The first-order chi connectivity index (χ1) is 10.1. The number of aliphatic hydroxyl groups is 1. The molecule has 1 heterocycles. The number of ether oxygens (including phenoxy) is 1. The Labute approximate surface area is 129 Å². The predicted molar refractivity (Wildman–Crippen MR) is 83.3 cm³/mol. The van der Waals surface area contributed by atoms with Gasteiger partial charge in [0.15, 0.2) is 0 Å². The number of nitrogens with one attached hydrogen (secondary N) is 1. The Kier molecular flexibility index (Phi) is 5.76. The van der Waals surface area contributed by atoms with Crippen molar-refractivity contribution >= 4 is 11.6 Å². The lowest BCUT2D eigenvalue weighted by Gasteiger charge is -2.20. The third-order valence-corrected chi connectivity index (χ3v) is 3.39. The summed E-state index contributed by atoms with van der Waals surface area (Å²) in [5, 5.41) is 17.6. The molecular weight excluding hydrogens is 290 g/mol. The molecular formula is C15H20ClN3O2. The Morgan fingerprint density at radius 3 is 3.00 bits per heavy atom. The summed E-state index contributed by atoms with van der Waals surface area (Å²) in [5.74, 6) is 0. The van der Waals surface area contributed by atoms with E-state index in [4.69, 9.17) is 16.3 Å². The van der Waals surface area contributed by atoms with E-state index >= 15 is 0 Å². The van der Waals surface area contributed by atoms with Crippen LogP contribution in [0.15, 0.2) is 30.5 Å². The van der Waals surface area contributed by atoms with Crippen molar-refractivity contribution in [3.8, 4) is 11.3 Å². The fourth-order valence-electron chi connectivity index (χ4n) is 2.29. The van der Waals surface area contributed by atoms with Crippen LogP contribution in [-0.2, 0) is 11.3 Å². The molecule has 5 nitrogen and oxygen atoms in total. The molecule has 114 valence electrons. The molecule has 2 rings (SSSR count). The SMILES string of the molecule is COCC(O)CN(C)Cc1cn[nH]c1-c1cccc(Cl)c1. The summed E-state index contributed by atoms with van der Waals surface area (Å²) in [4.78, 5) is 2.03. The van der Waals surface area contributed by atoms with Crippen LogP contribution in [0.1, 0.15) is 5.56 Å². The van der Waals surface area contributed by atoms with Crippen molar-refractivity contribution in [1.29, 1.82) is 0 Å². The van der Waals surface area contributed by atoms with Gasteiger partial charge in [-0.25, -0.2) is 0 Å². The van der Waals surface area contributed by atoms with E-state index in [1.165, 1.54) is 0 Å². The second-order valence-electron chi connectivity index (χ2n) is 5.09. The highest BCUT2D eigenvalue weighted by atomic mass is 35.5. The lowest BCUT2D eigenvalue weighted by Crippen LogP contribution is -2.31. The van der Waals surface area contributed by atoms with Gasteiger partial charge in [-0.05, 0) is 19.2 Å². The molecule has 2 aromatic rings. The van der Waals surface area contributed by atoms with Gasteiger partial charge in [-0.1, -0.05) is 23.7 Å². The summed E-state index contributed by atoms with van der Waals surface area (Å²) in [6.45, 7) is 1.55. The second-order valence-corrected chi connectivity index (χ2v) is 5.52. The summed E-state index contributed by atoms with van der Waals surface area (Å²) in [5.41, 5.74) is 3.01. The molecule has 1 aromatic carbocycles. The summed E-state index contributed by atoms with van der Waals surface area (Å²) >= 11 is 6.03. The quantitative estimate of drug-likeness (QED) is 0.823. The molecule has 0 aliphatic rings. The first-order valence-electron chi connectivity index (χ1n) is 6.74. The van der Waals surface area contributed by atoms with E-state index in [0.717, 1.165) is 16.8 Å². The molecule has 1 aromatic heterocycles. The highest BCUT2D eigenvalue weighted by molar-refractivity contribution is 6.30. The third kappa shape index (κ3) is 4.54. The molecule has 21 heavy (non-hydrogen) atoms. The summed E-state index contributed by atoms with van der Waals surface area (Å²) < 4.78 is 4.94. The number of H-pyrrole nitrogens is 1. The van der Waals surface area contributed by atoms with Crippen molar-refractivity contribution < 1.29 is 9.84 Å². The van der Waals surface area contributed by atoms with Gasteiger partial charge in [-0.15, -0.1) is 0 Å². The number of halogens is 1. The maximum Gasteiger partial charge on any atom is 0.0900 e. The molecule has 0 saturated carbocycles. The van der Waals surface area contributed by atoms with Crippen LogP contribution in [0.25, 0.3) is 11.3 Å². The molecule has 0 aliphatic heterocycles. The standard InChI is InChI=1S/C15H20ClN3O2/c1-19(9-14(20)10-21-2)8-12-7-17-18-15(12)11-4-3-5-13(16)6-11/h3-7,14,20H,8-10H2,1-2H3,(H,17,18). The van der Waals surface area contributed by atoms with E-state index in [-0.39, 0.29) is 0 Å². The Morgan fingerprint density at radius 2 is 2.29 bits per heavy atom. The lowest BCUT2D eigenvalue weighted by molar-refractivity contribution is 0.0419. The summed E-state index contributed by atoms with van der Waals surface area (Å²) in [7, 11) is 3.53. The predicted octanol–water partition coefficient (Wildman–Crippen LogP) is 2.17. The number of rotatable bonds is 7. The second kappa shape index (κ2) is 7.56. The number of likely N-dealkylation sites (N-methyl/N-ethyl adjacent to an activating group) is 1. The Balaban J connectivity index is 2.07. The number of hydrogen-bond donors (Lipinski definition) is 2. The Morgan fingerprint density at radius 1 is 1.48 bits per heavy atom. The molecule has 1 atom stereocenters. The van der Waals surface area contributed by atoms with Gasteiger partial charge < -0.3 is 9.84 Å². The monoisotopic (exact) mass is 309 g/mol. The largest absolute Gasteiger partial charge is 0.389 e. The molecule has 0 radical (unpaired) electrons. The van der Waals surface area contributed by atoms with Crippen molar-refractivity contribution in [3.63, 3.8) is 0 Å². The van der Waals surface area contributed by atoms with E-state index in [1.54, 1.807) is 13.3 Å². The van der Waals surface area contributed by atoms with Crippen LogP contribution in [0.5, 0.6) is 0 Å². The van der Waals surface area contributed by atoms with Crippen LogP contribution in [0.3, 0.4) is 0 Å². The molecule has 0 saturated heterocycles. The molecule has 1 unspecified atom stereocenters. The van der Waals surface area contributed by atoms with Crippen LogP contribution >= 0.6 is 11.6 Å². The Bertz CT molecular complexity index is 574. The summed E-state index contributed by atoms with van der Waals surface area (Å²) in [6.07, 6.45) is 1.30. The Hall–Kier alpha value is -1.40. The van der Waals surface area contributed by atoms with Crippen LogP contribution in [-0.4, -0.2) is 53.6 Å². The molecule has 0 fully saturated rings. The van der Waals surface area contributed by atoms with Crippen LogP contribution in [0, 0.1) is 0 Å². The van der Waals surface area contributed by atoms with Crippen LogP contribution in [0.4, 0.5) is 0 Å². The van der Waals surface area contributed by atoms with E-state index in [0.29, 0.717) is 24.7 Å². The van der Waals surface area contributed by atoms with Crippen LogP contribution < -0.4 is 0 Å². The third-order valence-electron chi connectivity index (χ3n) is 3.15. The first kappa shape index (κ1) is 16.0. The topological polar surface area (TPSA) is 61.4 Å². The first-order valence-corrected chi connectivity index (χ1v) is 7.11. The summed E-state index contributed by atoms with van der Waals surface area (Å²) in [6, 6.07) is 7.64. The lowest BCUT2D eigenvalue weighted by atomic mass is 10.1. The number of benzene rings is 1. The van der Waals surface area contributed by atoms with Gasteiger partial charge in [-0.2, -0.15) is 5.10 Å². The van der Waals surface area contributed by atoms with E-state index < -0.39 is 6.10 Å². The smallest absolute Gasteiger partial charge is 0.0900 e. The fraction of sp³-hybridized carbons (Fsp3) is 0.400. The normalized spacial score (nSPS) is 12.8. The van der Waals surface area contributed by atoms with Gasteiger partial charge in [0.2, 0.25) is 0 Å². The average molecular weight is 310 g/mol.